The molecule has 0 saturated carbocycles. The average Bonchev–Trinajstić information content (AvgIpc) is 3.39. The molecule has 2 aliphatic heterocycles. The minimum Gasteiger partial charge on any atom is -0.381 e. The number of hydrogen-bond acceptors (Lipinski definition) is 5. The first-order valence-corrected chi connectivity index (χ1v) is 11.1. The van der Waals surface area contributed by atoms with Crippen LogP contribution in [0.3, 0.4) is 0 Å². The van der Waals surface area contributed by atoms with Crippen molar-refractivity contribution < 1.29 is 9.47 Å². The molecule has 0 radical (unpaired) electrons. The number of morpholine rings is 1. The standard InChI is InChI=1S/C20H34N4O2S/c1-3-17-5-6-18(27-17)13-22-20(21-4-2)23-14-19(16-7-10-26-15-16)24-8-11-25-12-9-24/h5-6,16,19H,3-4,7-15H2,1-2H3,(H2,21,22,23). The van der Waals surface area contributed by atoms with Gasteiger partial charge in [0.15, 0.2) is 5.96 Å². The number of rotatable bonds is 8. The van der Waals surface area contributed by atoms with E-state index >= 15 is 0 Å². The van der Waals surface area contributed by atoms with E-state index in [1.807, 2.05) is 11.3 Å². The molecule has 2 saturated heterocycles. The summed E-state index contributed by atoms with van der Waals surface area (Å²) >= 11 is 1.86. The first kappa shape index (κ1) is 20.6. The lowest BCUT2D eigenvalue weighted by Gasteiger charge is -2.37. The highest BCUT2D eigenvalue weighted by Gasteiger charge is 2.31. The predicted octanol–water partition coefficient (Wildman–Crippen LogP) is 2.10. The Hall–Kier alpha value is -1.15. The molecule has 152 valence electrons. The van der Waals surface area contributed by atoms with Gasteiger partial charge in [-0.25, -0.2) is 4.99 Å². The van der Waals surface area contributed by atoms with E-state index < -0.39 is 0 Å². The van der Waals surface area contributed by atoms with Crippen LogP contribution in [0.5, 0.6) is 0 Å². The maximum absolute atomic E-state index is 5.67. The molecule has 27 heavy (non-hydrogen) atoms. The minimum absolute atomic E-state index is 0.466. The van der Waals surface area contributed by atoms with E-state index in [0.29, 0.717) is 12.0 Å². The molecular weight excluding hydrogens is 360 g/mol. The van der Waals surface area contributed by atoms with Gasteiger partial charge in [-0.05, 0) is 31.9 Å². The normalized spacial score (nSPS) is 22.7. The highest BCUT2D eigenvalue weighted by molar-refractivity contribution is 7.11. The molecule has 2 atom stereocenters. The molecule has 1 aromatic rings. The summed E-state index contributed by atoms with van der Waals surface area (Å²) < 4.78 is 11.2. The van der Waals surface area contributed by atoms with Gasteiger partial charge in [0.1, 0.15) is 0 Å². The van der Waals surface area contributed by atoms with Crippen molar-refractivity contribution in [3.05, 3.63) is 21.9 Å². The van der Waals surface area contributed by atoms with Crippen LogP contribution in [-0.2, 0) is 22.4 Å². The Morgan fingerprint density at radius 1 is 1.19 bits per heavy atom. The van der Waals surface area contributed by atoms with E-state index in [9.17, 15) is 0 Å². The lowest BCUT2D eigenvalue weighted by molar-refractivity contribution is 0.00246. The van der Waals surface area contributed by atoms with Crippen molar-refractivity contribution >= 4 is 17.3 Å². The number of aryl methyl sites for hydroxylation is 1. The third-order valence-corrected chi connectivity index (χ3v) is 6.52. The SMILES string of the molecule is CCNC(=NCc1ccc(CC)s1)NCC(C1CCOC1)N1CCOCC1. The second-order valence-corrected chi connectivity index (χ2v) is 8.39. The minimum atomic E-state index is 0.466. The van der Waals surface area contributed by atoms with Crippen molar-refractivity contribution in [2.45, 2.75) is 39.3 Å². The summed E-state index contributed by atoms with van der Waals surface area (Å²) in [5.74, 6) is 1.49. The van der Waals surface area contributed by atoms with E-state index in [0.717, 1.165) is 78.0 Å². The molecular formula is C20H34N4O2S. The lowest BCUT2D eigenvalue weighted by Crippen LogP contribution is -2.53. The van der Waals surface area contributed by atoms with Crippen LogP contribution < -0.4 is 10.6 Å². The molecule has 0 aliphatic carbocycles. The number of thiophene rings is 1. The van der Waals surface area contributed by atoms with Crippen LogP contribution >= 0.6 is 11.3 Å². The quantitative estimate of drug-likeness (QED) is 0.522. The molecule has 3 rings (SSSR count). The number of nitrogens with one attached hydrogen (secondary N) is 2. The highest BCUT2D eigenvalue weighted by atomic mass is 32.1. The molecule has 0 amide bonds. The van der Waals surface area contributed by atoms with Crippen molar-refractivity contribution in [2.24, 2.45) is 10.9 Å². The Morgan fingerprint density at radius 2 is 2.00 bits per heavy atom. The molecule has 0 spiro atoms. The summed E-state index contributed by atoms with van der Waals surface area (Å²) in [7, 11) is 0. The second kappa shape index (κ2) is 11.0. The Kier molecular flexibility index (Phi) is 8.38. The number of nitrogens with zero attached hydrogens (tertiary/aromatic N) is 2. The zero-order valence-electron chi connectivity index (χ0n) is 16.7. The van der Waals surface area contributed by atoms with E-state index in [4.69, 9.17) is 14.5 Å². The number of guanidine groups is 1. The van der Waals surface area contributed by atoms with Crippen LogP contribution in [0.2, 0.25) is 0 Å². The van der Waals surface area contributed by atoms with Gasteiger partial charge in [-0.15, -0.1) is 11.3 Å². The second-order valence-electron chi connectivity index (χ2n) is 7.14. The molecule has 6 nitrogen and oxygen atoms in total. The van der Waals surface area contributed by atoms with Gasteiger partial charge in [0.2, 0.25) is 0 Å². The van der Waals surface area contributed by atoms with Crippen LogP contribution in [0.25, 0.3) is 0 Å². The zero-order chi connectivity index (χ0) is 18.9. The Morgan fingerprint density at radius 3 is 2.67 bits per heavy atom. The molecule has 2 fully saturated rings. The van der Waals surface area contributed by atoms with Crippen molar-refractivity contribution in [3.63, 3.8) is 0 Å². The van der Waals surface area contributed by atoms with Gasteiger partial charge in [0.25, 0.3) is 0 Å². The lowest BCUT2D eigenvalue weighted by atomic mass is 9.97. The van der Waals surface area contributed by atoms with Crippen LogP contribution in [-0.4, -0.2) is 69.5 Å². The molecule has 2 unspecified atom stereocenters. The van der Waals surface area contributed by atoms with Crippen LogP contribution in [0.15, 0.2) is 17.1 Å². The Bertz CT molecular complexity index is 580. The third kappa shape index (κ3) is 6.17. The molecule has 0 aromatic carbocycles. The fourth-order valence-corrected chi connectivity index (χ4v) is 4.64. The van der Waals surface area contributed by atoms with Gasteiger partial charge >= 0.3 is 0 Å². The van der Waals surface area contributed by atoms with Crippen LogP contribution in [0.4, 0.5) is 0 Å². The molecule has 3 heterocycles. The highest BCUT2D eigenvalue weighted by Crippen LogP contribution is 2.22. The van der Waals surface area contributed by atoms with E-state index in [-0.39, 0.29) is 0 Å². The largest absolute Gasteiger partial charge is 0.381 e. The van der Waals surface area contributed by atoms with Crippen molar-refractivity contribution in [2.75, 3.05) is 52.6 Å². The smallest absolute Gasteiger partial charge is 0.191 e. The summed E-state index contributed by atoms with van der Waals surface area (Å²) in [6, 6.07) is 4.88. The maximum atomic E-state index is 5.67. The van der Waals surface area contributed by atoms with Crippen LogP contribution in [0.1, 0.15) is 30.0 Å². The monoisotopic (exact) mass is 394 g/mol. The summed E-state index contributed by atoms with van der Waals surface area (Å²) in [5.41, 5.74) is 0. The topological polar surface area (TPSA) is 58.1 Å². The van der Waals surface area contributed by atoms with Crippen molar-refractivity contribution in [3.8, 4) is 0 Å². The molecule has 1 aromatic heterocycles. The summed E-state index contributed by atoms with van der Waals surface area (Å²) in [4.78, 5) is 10.1. The zero-order valence-corrected chi connectivity index (χ0v) is 17.5. The fraction of sp³-hybridized carbons (Fsp3) is 0.750. The first-order chi connectivity index (χ1) is 13.3. The summed E-state index contributed by atoms with van der Waals surface area (Å²) in [6.07, 6.45) is 2.24. The van der Waals surface area contributed by atoms with Crippen LogP contribution in [0, 0.1) is 5.92 Å². The van der Waals surface area contributed by atoms with E-state index in [2.05, 4.69) is 41.5 Å². The number of aliphatic imine (C=N–C) groups is 1. The maximum Gasteiger partial charge on any atom is 0.191 e. The van der Waals surface area contributed by atoms with Gasteiger partial charge in [0, 0.05) is 54.5 Å². The molecule has 2 aliphatic rings. The molecule has 7 heteroatoms. The summed E-state index contributed by atoms with van der Waals surface area (Å²) in [6.45, 7) is 12.2. The fourth-order valence-electron chi connectivity index (χ4n) is 3.76. The third-order valence-electron chi connectivity index (χ3n) is 5.31. The van der Waals surface area contributed by atoms with Gasteiger partial charge in [-0.2, -0.15) is 0 Å². The van der Waals surface area contributed by atoms with Gasteiger partial charge in [-0.1, -0.05) is 6.92 Å². The number of ether oxygens (including phenoxy) is 2. The van der Waals surface area contributed by atoms with Crippen molar-refractivity contribution in [1.29, 1.82) is 0 Å². The Balaban J connectivity index is 1.59. The summed E-state index contributed by atoms with van der Waals surface area (Å²) in [5, 5.41) is 6.98. The first-order valence-electron chi connectivity index (χ1n) is 10.3. The average molecular weight is 395 g/mol. The number of hydrogen-bond donors (Lipinski definition) is 2. The van der Waals surface area contributed by atoms with E-state index in [1.165, 1.54) is 9.75 Å². The predicted molar refractivity (Wildman–Crippen MR) is 112 cm³/mol. The van der Waals surface area contributed by atoms with Gasteiger partial charge in [0.05, 0.1) is 26.4 Å². The van der Waals surface area contributed by atoms with Gasteiger partial charge < -0.3 is 20.1 Å². The van der Waals surface area contributed by atoms with Crippen molar-refractivity contribution in [1.82, 2.24) is 15.5 Å². The Labute approximate surface area is 167 Å². The van der Waals surface area contributed by atoms with E-state index in [1.54, 1.807) is 0 Å². The molecule has 0 bridgehead atoms. The van der Waals surface area contributed by atoms with Gasteiger partial charge in [-0.3, -0.25) is 4.90 Å². The molecule has 2 N–H and O–H groups in total.